The van der Waals surface area contributed by atoms with Gasteiger partial charge in [0.2, 0.25) is 0 Å². The highest BCUT2D eigenvalue weighted by Crippen LogP contribution is 2.31. The van der Waals surface area contributed by atoms with E-state index < -0.39 is 0 Å². The maximum atomic E-state index is 12.5. The number of rotatable bonds is 7. The molecule has 0 spiro atoms. The monoisotopic (exact) mass is 476 g/mol. The number of carbonyl (C=O) groups excluding carboxylic acids is 1. The van der Waals surface area contributed by atoms with Crippen molar-refractivity contribution in [3.63, 3.8) is 0 Å². The number of benzene rings is 2. The molecule has 5 rings (SSSR count). The summed E-state index contributed by atoms with van der Waals surface area (Å²) in [5, 5.41) is 7.12. The SMILES string of the molecule is O=C(NCCN1CCOCC1)c1ccc(Nc2c(-c3ccc(Cl)cc3)nc3cnccn23)cc1. The quantitative estimate of drug-likeness (QED) is 0.421. The molecule has 0 atom stereocenters. The maximum Gasteiger partial charge on any atom is 0.251 e. The van der Waals surface area contributed by atoms with Crippen LogP contribution in [0, 0.1) is 0 Å². The van der Waals surface area contributed by atoms with E-state index in [-0.39, 0.29) is 5.91 Å². The molecule has 1 aliphatic heterocycles. The number of amides is 1. The van der Waals surface area contributed by atoms with Crippen molar-refractivity contribution in [1.82, 2.24) is 24.6 Å². The molecule has 4 aromatic rings. The van der Waals surface area contributed by atoms with Crippen LogP contribution in [0.15, 0.2) is 67.1 Å². The van der Waals surface area contributed by atoms with E-state index in [0.29, 0.717) is 17.1 Å². The molecule has 2 N–H and O–H groups in total. The third kappa shape index (κ3) is 5.04. The summed E-state index contributed by atoms with van der Waals surface area (Å²) >= 11 is 6.07. The van der Waals surface area contributed by atoms with E-state index in [4.69, 9.17) is 21.3 Å². The van der Waals surface area contributed by atoms with Gasteiger partial charge in [-0.3, -0.25) is 19.1 Å². The fraction of sp³-hybridized carbons (Fsp3) is 0.240. The van der Waals surface area contributed by atoms with Crippen LogP contribution in [0.4, 0.5) is 11.5 Å². The van der Waals surface area contributed by atoms with Gasteiger partial charge in [0.05, 0.1) is 19.4 Å². The third-order valence-corrected chi connectivity index (χ3v) is 6.03. The van der Waals surface area contributed by atoms with Crippen molar-refractivity contribution in [3.05, 3.63) is 77.7 Å². The van der Waals surface area contributed by atoms with Gasteiger partial charge in [-0.15, -0.1) is 0 Å². The van der Waals surface area contributed by atoms with Crippen LogP contribution >= 0.6 is 11.6 Å². The average Bonchev–Trinajstić information content (AvgIpc) is 3.24. The van der Waals surface area contributed by atoms with Crippen molar-refractivity contribution >= 4 is 34.7 Å². The van der Waals surface area contributed by atoms with Crippen LogP contribution in [0.25, 0.3) is 16.9 Å². The summed E-state index contributed by atoms with van der Waals surface area (Å²) in [7, 11) is 0. The first-order valence-corrected chi connectivity index (χ1v) is 11.6. The number of aromatic nitrogens is 3. The lowest BCUT2D eigenvalue weighted by atomic mass is 10.1. The topological polar surface area (TPSA) is 83.8 Å². The fourth-order valence-corrected chi connectivity index (χ4v) is 4.06. The van der Waals surface area contributed by atoms with Crippen LogP contribution in [-0.4, -0.2) is 64.6 Å². The summed E-state index contributed by atoms with van der Waals surface area (Å²) in [6.07, 6.45) is 5.30. The zero-order valence-electron chi connectivity index (χ0n) is 18.6. The van der Waals surface area contributed by atoms with E-state index in [2.05, 4.69) is 20.5 Å². The Morgan fingerprint density at radius 3 is 2.59 bits per heavy atom. The molecule has 1 aliphatic rings. The number of fused-ring (bicyclic) bond motifs is 1. The maximum absolute atomic E-state index is 12.5. The van der Waals surface area contributed by atoms with Gasteiger partial charge in [-0.1, -0.05) is 23.7 Å². The molecule has 8 nitrogen and oxygen atoms in total. The smallest absolute Gasteiger partial charge is 0.251 e. The van der Waals surface area contributed by atoms with Crippen molar-refractivity contribution in [1.29, 1.82) is 0 Å². The van der Waals surface area contributed by atoms with E-state index in [0.717, 1.165) is 61.3 Å². The zero-order chi connectivity index (χ0) is 23.3. The number of halogens is 1. The summed E-state index contributed by atoms with van der Waals surface area (Å²) in [6.45, 7) is 4.77. The van der Waals surface area contributed by atoms with E-state index in [1.165, 1.54) is 0 Å². The van der Waals surface area contributed by atoms with Gasteiger partial charge >= 0.3 is 0 Å². The van der Waals surface area contributed by atoms with Gasteiger partial charge in [-0.05, 0) is 36.4 Å². The molecular weight excluding hydrogens is 452 g/mol. The Kier molecular flexibility index (Phi) is 6.71. The molecule has 0 radical (unpaired) electrons. The molecule has 0 unspecified atom stereocenters. The molecule has 1 amide bonds. The van der Waals surface area contributed by atoms with Crippen LogP contribution in [0.1, 0.15) is 10.4 Å². The first kappa shape index (κ1) is 22.3. The second kappa shape index (κ2) is 10.2. The third-order valence-electron chi connectivity index (χ3n) is 5.77. The van der Waals surface area contributed by atoms with Gasteiger partial charge in [-0.25, -0.2) is 4.98 Å². The first-order chi connectivity index (χ1) is 16.7. The molecular formula is C25H25ClN6O2. The number of ether oxygens (including phenoxy) is 1. The van der Waals surface area contributed by atoms with Crippen molar-refractivity contribution in [2.24, 2.45) is 0 Å². The lowest BCUT2D eigenvalue weighted by Crippen LogP contribution is -2.41. The standard InChI is InChI=1S/C25H25ClN6O2/c26-20-5-1-18(2-6-20)23-24(32-12-9-27-17-22(32)30-23)29-21-7-3-19(4-8-21)25(33)28-10-11-31-13-15-34-16-14-31/h1-9,12,17,29H,10-11,13-16H2,(H,28,33). The van der Waals surface area contributed by atoms with Crippen molar-refractivity contribution in [2.75, 3.05) is 44.7 Å². The minimum atomic E-state index is -0.0810. The van der Waals surface area contributed by atoms with E-state index in [9.17, 15) is 4.79 Å². The Morgan fingerprint density at radius 1 is 1.06 bits per heavy atom. The molecule has 9 heteroatoms. The second-order valence-corrected chi connectivity index (χ2v) is 8.47. The first-order valence-electron chi connectivity index (χ1n) is 11.2. The van der Waals surface area contributed by atoms with E-state index >= 15 is 0 Å². The predicted octanol–water partition coefficient (Wildman–Crippen LogP) is 3.86. The molecule has 0 bridgehead atoms. The molecule has 1 fully saturated rings. The molecule has 3 heterocycles. The minimum Gasteiger partial charge on any atom is -0.379 e. The Hall–Kier alpha value is -3.46. The highest BCUT2D eigenvalue weighted by Gasteiger charge is 2.15. The van der Waals surface area contributed by atoms with E-state index in [1.807, 2.05) is 59.1 Å². The van der Waals surface area contributed by atoms with Gasteiger partial charge in [0.1, 0.15) is 11.5 Å². The molecule has 2 aromatic heterocycles. The number of hydrogen-bond donors (Lipinski definition) is 2. The van der Waals surface area contributed by atoms with Crippen LogP contribution in [0.2, 0.25) is 5.02 Å². The predicted molar refractivity (Wildman–Crippen MR) is 133 cm³/mol. The number of morpholine rings is 1. The number of nitrogens with one attached hydrogen (secondary N) is 2. The highest BCUT2D eigenvalue weighted by atomic mass is 35.5. The number of nitrogens with zero attached hydrogens (tertiary/aromatic N) is 4. The Balaban J connectivity index is 1.30. The van der Waals surface area contributed by atoms with Crippen LogP contribution < -0.4 is 10.6 Å². The van der Waals surface area contributed by atoms with Gasteiger partial charge in [-0.2, -0.15) is 0 Å². The molecule has 0 aliphatic carbocycles. The fourth-order valence-electron chi connectivity index (χ4n) is 3.93. The minimum absolute atomic E-state index is 0.0810. The summed E-state index contributed by atoms with van der Waals surface area (Å²) in [6, 6.07) is 15.0. The van der Waals surface area contributed by atoms with E-state index in [1.54, 1.807) is 12.4 Å². The van der Waals surface area contributed by atoms with Crippen LogP contribution in [-0.2, 0) is 4.74 Å². The number of anilines is 2. The highest BCUT2D eigenvalue weighted by molar-refractivity contribution is 6.30. The molecule has 174 valence electrons. The summed E-state index contributed by atoms with van der Waals surface area (Å²) in [5.74, 6) is 0.727. The Bertz CT molecular complexity index is 1270. The molecule has 34 heavy (non-hydrogen) atoms. The lowest BCUT2D eigenvalue weighted by molar-refractivity contribution is 0.0383. The summed E-state index contributed by atoms with van der Waals surface area (Å²) < 4.78 is 7.30. The van der Waals surface area contributed by atoms with Gasteiger partial charge in [0, 0.05) is 60.4 Å². The van der Waals surface area contributed by atoms with Gasteiger partial charge in [0.15, 0.2) is 5.65 Å². The zero-order valence-corrected chi connectivity index (χ0v) is 19.3. The average molecular weight is 477 g/mol. The molecule has 1 saturated heterocycles. The normalized spacial score (nSPS) is 14.3. The second-order valence-electron chi connectivity index (χ2n) is 8.03. The van der Waals surface area contributed by atoms with Crippen molar-refractivity contribution in [2.45, 2.75) is 0 Å². The van der Waals surface area contributed by atoms with Crippen LogP contribution in [0.3, 0.4) is 0 Å². The lowest BCUT2D eigenvalue weighted by Gasteiger charge is -2.26. The Labute approximate surface area is 202 Å². The molecule has 2 aromatic carbocycles. The summed E-state index contributed by atoms with van der Waals surface area (Å²) in [5.41, 5.74) is 3.92. The van der Waals surface area contributed by atoms with Crippen molar-refractivity contribution in [3.8, 4) is 11.3 Å². The number of imidazole rings is 1. The largest absolute Gasteiger partial charge is 0.379 e. The summed E-state index contributed by atoms with van der Waals surface area (Å²) in [4.78, 5) is 23.8. The number of carbonyl (C=O) groups is 1. The van der Waals surface area contributed by atoms with Gasteiger partial charge < -0.3 is 15.4 Å². The van der Waals surface area contributed by atoms with Crippen LogP contribution in [0.5, 0.6) is 0 Å². The number of hydrogen-bond acceptors (Lipinski definition) is 6. The Morgan fingerprint density at radius 2 is 1.82 bits per heavy atom. The van der Waals surface area contributed by atoms with Crippen molar-refractivity contribution < 1.29 is 9.53 Å². The van der Waals surface area contributed by atoms with Gasteiger partial charge in [0.25, 0.3) is 5.91 Å². The molecule has 0 saturated carbocycles.